The van der Waals surface area contributed by atoms with E-state index in [1.165, 1.54) is 37.8 Å². The maximum atomic E-state index is 6.16. The van der Waals surface area contributed by atoms with Crippen molar-refractivity contribution >= 4 is 33.2 Å². The fourth-order valence-electron chi connectivity index (χ4n) is 3.44. The second kappa shape index (κ2) is 5.63. The Labute approximate surface area is 128 Å². The van der Waals surface area contributed by atoms with Gasteiger partial charge in [-0.2, -0.15) is 0 Å². The fraction of sp³-hybridized carbons (Fsp3) is 0.600. The molecular formula is C15H20BrClN2. The Balaban J connectivity index is 1.88. The van der Waals surface area contributed by atoms with Crippen LogP contribution in [0.15, 0.2) is 22.7 Å². The van der Waals surface area contributed by atoms with E-state index in [0.717, 1.165) is 29.1 Å². The number of nitrogens with zero attached hydrogens (tertiary/aromatic N) is 1. The minimum absolute atomic E-state index is 0.332. The van der Waals surface area contributed by atoms with Gasteiger partial charge >= 0.3 is 0 Å². The van der Waals surface area contributed by atoms with E-state index in [1.54, 1.807) is 0 Å². The molecule has 19 heavy (non-hydrogen) atoms. The lowest BCUT2D eigenvalue weighted by molar-refractivity contribution is 0.354. The highest BCUT2D eigenvalue weighted by Gasteiger charge is 2.36. The largest absolute Gasteiger partial charge is 0.369 e. The molecule has 1 aliphatic heterocycles. The molecule has 0 bridgehead atoms. The summed E-state index contributed by atoms with van der Waals surface area (Å²) >= 11 is 9.83. The van der Waals surface area contributed by atoms with Crippen LogP contribution in [0, 0.1) is 0 Å². The van der Waals surface area contributed by atoms with Crippen molar-refractivity contribution in [3.8, 4) is 0 Å². The monoisotopic (exact) mass is 342 g/mol. The summed E-state index contributed by atoms with van der Waals surface area (Å²) in [5.74, 6) is 0. The summed E-state index contributed by atoms with van der Waals surface area (Å²) in [7, 11) is 0. The molecule has 4 heteroatoms. The van der Waals surface area contributed by atoms with Crippen LogP contribution < -0.4 is 10.2 Å². The molecule has 104 valence electrons. The van der Waals surface area contributed by atoms with Crippen molar-refractivity contribution in [1.82, 2.24) is 5.32 Å². The first-order valence-corrected chi connectivity index (χ1v) is 8.31. The van der Waals surface area contributed by atoms with Gasteiger partial charge in [-0.1, -0.05) is 24.4 Å². The summed E-state index contributed by atoms with van der Waals surface area (Å²) in [6.07, 6.45) is 6.53. The van der Waals surface area contributed by atoms with Crippen LogP contribution in [0.5, 0.6) is 0 Å². The number of benzene rings is 1. The van der Waals surface area contributed by atoms with Gasteiger partial charge in [-0.05, 0) is 59.9 Å². The van der Waals surface area contributed by atoms with Crippen LogP contribution in [0.1, 0.15) is 32.1 Å². The van der Waals surface area contributed by atoms with Gasteiger partial charge in [0.2, 0.25) is 0 Å². The van der Waals surface area contributed by atoms with Crippen molar-refractivity contribution in [2.75, 3.05) is 24.5 Å². The zero-order valence-electron chi connectivity index (χ0n) is 11.1. The number of rotatable bonds is 1. The zero-order valence-corrected chi connectivity index (χ0v) is 13.4. The fourth-order valence-corrected chi connectivity index (χ4v) is 4.11. The standard InChI is InChI=1S/C15H20BrClN2/c16-13-5-4-12(17)10-14(13)19-9-3-8-18-15(11-19)6-1-2-7-15/h4-5,10,18H,1-3,6-9,11H2. The van der Waals surface area contributed by atoms with E-state index in [4.69, 9.17) is 11.6 Å². The van der Waals surface area contributed by atoms with E-state index in [0.29, 0.717) is 5.54 Å². The molecule has 1 aromatic carbocycles. The lowest BCUT2D eigenvalue weighted by Gasteiger charge is -2.35. The Morgan fingerprint density at radius 3 is 2.79 bits per heavy atom. The average molecular weight is 344 g/mol. The SMILES string of the molecule is Clc1ccc(Br)c(N2CCCNC3(CCCC3)C2)c1. The van der Waals surface area contributed by atoms with Gasteiger partial charge in [0.25, 0.3) is 0 Å². The molecule has 1 N–H and O–H groups in total. The minimum atomic E-state index is 0.332. The van der Waals surface area contributed by atoms with E-state index in [-0.39, 0.29) is 0 Å². The van der Waals surface area contributed by atoms with Gasteiger partial charge < -0.3 is 10.2 Å². The van der Waals surface area contributed by atoms with E-state index >= 15 is 0 Å². The molecule has 1 spiro atoms. The molecule has 3 rings (SSSR count). The lowest BCUT2D eigenvalue weighted by atomic mass is 9.97. The molecule has 0 amide bonds. The van der Waals surface area contributed by atoms with Crippen LogP contribution in [-0.2, 0) is 0 Å². The summed E-state index contributed by atoms with van der Waals surface area (Å²) in [5, 5.41) is 4.62. The molecule has 0 aromatic heterocycles. The Hall–Kier alpha value is -0.250. The summed E-state index contributed by atoms with van der Waals surface area (Å²) < 4.78 is 1.15. The number of anilines is 1. The first-order valence-electron chi connectivity index (χ1n) is 7.14. The Morgan fingerprint density at radius 1 is 1.21 bits per heavy atom. The summed E-state index contributed by atoms with van der Waals surface area (Å²) in [6.45, 7) is 3.34. The number of hydrogen-bond acceptors (Lipinski definition) is 2. The molecule has 1 saturated heterocycles. The predicted molar refractivity (Wildman–Crippen MR) is 85.2 cm³/mol. The molecule has 0 unspecified atom stereocenters. The van der Waals surface area contributed by atoms with Crippen molar-refractivity contribution in [3.05, 3.63) is 27.7 Å². The molecule has 0 atom stereocenters. The average Bonchev–Trinajstić information content (AvgIpc) is 2.74. The van der Waals surface area contributed by atoms with E-state index in [9.17, 15) is 0 Å². The van der Waals surface area contributed by atoms with Gasteiger partial charge in [-0.3, -0.25) is 0 Å². The van der Waals surface area contributed by atoms with Crippen LogP contribution in [0.2, 0.25) is 5.02 Å². The first kappa shape index (κ1) is 13.7. The molecule has 1 aromatic rings. The van der Waals surface area contributed by atoms with Crippen LogP contribution in [0.25, 0.3) is 0 Å². The van der Waals surface area contributed by atoms with Gasteiger partial charge in [0.05, 0.1) is 5.69 Å². The molecule has 2 nitrogen and oxygen atoms in total. The van der Waals surface area contributed by atoms with E-state index < -0.39 is 0 Å². The maximum Gasteiger partial charge on any atom is 0.0526 e. The Bertz CT molecular complexity index is 457. The van der Waals surface area contributed by atoms with Gasteiger partial charge in [0.15, 0.2) is 0 Å². The van der Waals surface area contributed by atoms with E-state index in [1.807, 2.05) is 6.07 Å². The zero-order chi connectivity index (χ0) is 13.3. The van der Waals surface area contributed by atoms with Crippen LogP contribution in [0.4, 0.5) is 5.69 Å². The summed E-state index contributed by atoms with van der Waals surface area (Å²) in [6, 6.07) is 6.08. The van der Waals surface area contributed by atoms with Gasteiger partial charge in [-0.25, -0.2) is 0 Å². The van der Waals surface area contributed by atoms with Crippen molar-refractivity contribution in [2.24, 2.45) is 0 Å². The van der Waals surface area contributed by atoms with Gasteiger partial charge in [0, 0.05) is 28.1 Å². The summed E-state index contributed by atoms with van der Waals surface area (Å²) in [4.78, 5) is 2.50. The highest BCUT2D eigenvalue weighted by molar-refractivity contribution is 9.10. The Morgan fingerprint density at radius 2 is 2.00 bits per heavy atom. The second-order valence-electron chi connectivity index (χ2n) is 5.79. The number of halogens is 2. The summed E-state index contributed by atoms with van der Waals surface area (Å²) in [5.41, 5.74) is 1.57. The third-order valence-electron chi connectivity index (χ3n) is 4.41. The minimum Gasteiger partial charge on any atom is -0.369 e. The van der Waals surface area contributed by atoms with Crippen LogP contribution in [-0.4, -0.2) is 25.2 Å². The highest BCUT2D eigenvalue weighted by Crippen LogP contribution is 2.36. The molecule has 2 fully saturated rings. The van der Waals surface area contributed by atoms with Crippen molar-refractivity contribution in [2.45, 2.75) is 37.6 Å². The van der Waals surface area contributed by atoms with Gasteiger partial charge in [-0.15, -0.1) is 0 Å². The molecule has 0 radical (unpaired) electrons. The van der Waals surface area contributed by atoms with Gasteiger partial charge in [0.1, 0.15) is 0 Å². The second-order valence-corrected chi connectivity index (χ2v) is 7.08. The normalized spacial score (nSPS) is 22.7. The highest BCUT2D eigenvalue weighted by atomic mass is 79.9. The van der Waals surface area contributed by atoms with Crippen molar-refractivity contribution < 1.29 is 0 Å². The molecule has 1 saturated carbocycles. The van der Waals surface area contributed by atoms with E-state index in [2.05, 4.69) is 38.3 Å². The quantitative estimate of drug-likeness (QED) is 0.821. The molecule has 1 aliphatic carbocycles. The lowest BCUT2D eigenvalue weighted by Crippen LogP contribution is -2.49. The van der Waals surface area contributed by atoms with Crippen molar-refractivity contribution in [3.63, 3.8) is 0 Å². The Kier molecular flexibility index (Phi) is 4.06. The maximum absolute atomic E-state index is 6.16. The predicted octanol–water partition coefficient (Wildman–Crippen LogP) is 4.22. The molecular weight excluding hydrogens is 324 g/mol. The smallest absolute Gasteiger partial charge is 0.0526 e. The van der Waals surface area contributed by atoms with Crippen LogP contribution in [0.3, 0.4) is 0 Å². The topological polar surface area (TPSA) is 15.3 Å². The van der Waals surface area contributed by atoms with Crippen LogP contribution >= 0.6 is 27.5 Å². The van der Waals surface area contributed by atoms with Crippen molar-refractivity contribution in [1.29, 1.82) is 0 Å². The molecule has 1 heterocycles. The third-order valence-corrected chi connectivity index (χ3v) is 5.31. The number of hydrogen-bond donors (Lipinski definition) is 1. The number of nitrogens with one attached hydrogen (secondary N) is 1. The molecule has 2 aliphatic rings. The first-order chi connectivity index (χ1) is 9.19. The third kappa shape index (κ3) is 2.93.